The molecule has 118 valence electrons. The number of likely N-dealkylation sites (N-methyl/N-ethyl adjacent to an activating group) is 1. The van der Waals surface area contributed by atoms with Crippen LogP contribution in [0, 0.1) is 5.92 Å². The van der Waals surface area contributed by atoms with Gasteiger partial charge in [0.2, 0.25) is 5.91 Å². The minimum absolute atomic E-state index is 0. The van der Waals surface area contributed by atoms with Crippen LogP contribution in [0.1, 0.15) is 32.1 Å². The molecule has 2 saturated heterocycles. The smallest absolute Gasteiger partial charge is 0.228 e. The minimum atomic E-state index is 0. The first-order valence-corrected chi connectivity index (χ1v) is 7.42. The minimum Gasteiger partial charge on any atom is -0.334 e. The van der Waals surface area contributed by atoms with Crippen molar-refractivity contribution in [3.05, 3.63) is 0 Å². The summed E-state index contributed by atoms with van der Waals surface area (Å²) < 4.78 is 0. The van der Waals surface area contributed by atoms with Gasteiger partial charge < -0.3 is 15.1 Å². The van der Waals surface area contributed by atoms with Gasteiger partial charge in [0, 0.05) is 32.7 Å². The van der Waals surface area contributed by atoms with Crippen molar-refractivity contribution < 1.29 is 4.79 Å². The van der Waals surface area contributed by atoms with Crippen LogP contribution in [0.3, 0.4) is 0 Å². The molecule has 0 aromatic rings. The van der Waals surface area contributed by atoms with Gasteiger partial charge in [-0.3, -0.25) is 4.79 Å². The molecule has 0 bridgehead atoms. The van der Waals surface area contributed by atoms with Crippen molar-refractivity contribution >= 4 is 30.7 Å². The zero-order chi connectivity index (χ0) is 12.6. The molecule has 3 fully saturated rings. The molecule has 1 spiro atoms. The summed E-state index contributed by atoms with van der Waals surface area (Å²) in [7, 11) is 2.20. The van der Waals surface area contributed by atoms with Crippen LogP contribution in [0.25, 0.3) is 0 Å². The molecule has 4 nitrogen and oxygen atoms in total. The van der Waals surface area contributed by atoms with Crippen LogP contribution in [-0.4, -0.2) is 61.0 Å². The van der Waals surface area contributed by atoms with Crippen LogP contribution in [0.15, 0.2) is 0 Å². The van der Waals surface area contributed by atoms with Crippen LogP contribution >= 0.6 is 24.8 Å². The maximum Gasteiger partial charge on any atom is 0.228 e. The van der Waals surface area contributed by atoms with E-state index in [9.17, 15) is 4.79 Å². The van der Waals surface area contributed by atoms with Crippen molar-refractivity contribution in [3.63, 3.8) is 0 Å². The molecule has 2 aliphatic heterocycles. The molecule has 3 aliphatic rings. The molecule has 1 aliphatic carbocycles. The Kier molecular flexibility index (Phi) is 6.58. The number of nitrogens with zero attached hydrogens (tertiary/aromatic N) is 2. The predicted octanol–water partition coefficient (Wildman–Crippen LogP) is 1.53. The fraction of sp³-hybridized carbons (Fsp3) is 0.929. The monoisotopic (exact) mass is 323 g/mol. The molecule has 0 aromatic heterocycles. The summed E-state index contributed by atoms with van der Waals surface area (Å²) >= 11 is 0. The normalized spacial score (nSPS) is 26.4. The molecular formula is C14H27Cl2N3O. The van der Waals surface area contributed by atoms with E-state index in [1.165, 1.54) is 32.1 Å². The van der Waals surface area contributed by atoms with E-state index in [-0.39, 0.29) is 36.3 Å². The van der Waals surface area contributed by atoms with Gasteiger partial charge in [-0.1, -0.05) is 19.3 Å². The molecule has 1 N–H and O–H groups in total. The first-order valence-electron chi connectivity index (χ1n) is 7.42. The van der Waals surface area contributed by atoms with Gasteiger partial charge >= 0.3 is 0 Å². The fourth-order valence-electron chi connectivity index (χ4n) is 3.84. The lowest BCUT2D eigenvalue weighted by Gasteiger charge is -2.53. The third kappa shape index (κ3) is 3.24. The average molecular weight is 324 g/mol. The summed E-state index contributed by atoms with van der Waals surface area (Å²) in [5.74, 6) is 0.677. The Bertz CT molecular complexity index is 330. The van der Waals surface area contributed by atoms with Gasteiger partial charge in [0.25, 0.3) is 0 Å². The zero-order valence-corrected chi connectivity index (χ0v) is 13.9. The van der Waals surface area contributed by atoms with E-state index in [4.69, 9.17) is 0 Å². The van der Waals surface area contributed by atoms with Crippen LogP contribution in [0.2, 0.25) is 0 Å². The lowest BCUT2D eigenvalue weighted by atomic mass is 9.77. The summed E-state index contributed by atoms with van der Waals surface area (Å²) in [6, 6.07) is 0. The number of hydrogen-bond acceptors (Lipinski definition) is 3. The third-order valence-corrected chi connectivity index (χ3v) is 5.02. The molecule has 1 saturated carbocycles. The number of carbonyl (C=O) groups is 1. The van der Waals surface area contributed by atoms with Gasteiger partial charge in [-0.25, -0.2) is 0 Å². The number of carbonyl (C=O) groups excluding carboxylic acids is 1. The lowest BCUT2D eigenvalue weighted by Crippen LogP contribution is -2.66. The summed E-state index contributed by atoms with van der Waals surface area (Å²) in [6.45, 7) is 4.83. The molecule has 0 aromatic carbocycles. The molecule has 0 radical (unpaired) electrons. The maximum atomic E-state index is 12.6. The van der Waals surface area contributed by atoms with Crippen molar-refractivity contribution in [2.75, 3.05) is 39.8 Å². The number of halogens is 2. The second-order valence-corrected chi connectivity index (χ2v) is 6.37. The van der Waals surface area contributed by atoms with Gasteiger partial charge in [0.1, 0.15) is 0 Å². The first-order chi connectivity index (χ1) is 8.71. The molecule has 3 rings (SSSR count). The quantitative estimate of drug-likeness (QED) is 0.794. The highest BCUT2D eigenvalue weighted by Gasteiger charge is 2.45. The van der Waals surface area contributed by atoms with E-state index in [2.05, 4.69) is 22.2 Å². The third-order valence-electron chi connectivity index (χ3n) is 5.02. The number of amides is 1. The summed E-state index contributed by atoms with van der Waals surface area (Å²) in [5.41, 5.74) is 0.165. The van der Waals surface area contributed by atoms with Crippen LogP contribution in [-0.2, 0) is 4.79 Å². The second kappa shape index (κ2) is 7.30. The molecule has 20 heavy (non-hydrogen) atoms. The Morgan fingerprint density at radius 2 is 1.75 bits per heavy atom. The zero-order valence-electron chi connectivity index (χ0n) is 12.3. The average Bonchev–Trinajstić information content (AvgIpc) is 2.27. The SMILES string of the molecule is CN1CCN(C(=O)C2CNC2)C2(CCCCC2)C1.Cl.Cl. The van der Waals surface area contributed by atoms with Crippen LogP contribution < -0.4 is 5.32 Å². The highest BCUT2D eigenvalue weighted by molar-refractivity contribution is 5.85. The van der Waals surface area contributed by atoms with Crippen molar-refractivity contribution in [2.45, 2.75) is 37.6 Å². The number of piperazine rings is 1. The Labute approximate surface area is 134 Å². The van der Waals surface area contributed by atoms with Crippen molar-refractivity contribution in [1.82, 2.24) is 15.1 Å². The van der Waals surface area contributed by atoms with Crippen LogP contribution in [0.5, 0.6) is 0 Å². The van der Waals surface area contributed by atoms with Gasteiger partial charge in [-0.05, 0) is 19.9 Å². The first kappa shape index (κ1) is 18.0. The molecule has 6 heteroatoms. The van der Waals surface area contributed by atoms with Crippen molar-refractivity contribution in [1.29, 1.82) is 0 Å². The second-order valence-electron chi connectivity index (χ2n) is 6.37. The van der Waals surface area contributed by atoms with Gasteiger partial charge in [-0.2, -0.15) is 0 Å². The Morgan fingerprint density at radius 3 is 2.30 bits per heavy atom. The van der Waals surface area contributed by atoms with Crippen molar-refractivity contribution in [2.24, 2.45) is 5.92 Å². The van der Waals surface area contributed by atoms with E-state index in [0.717, 1.165) is 32.7 Å². The Morgan fingerprint density at radius 1 is 1.10 bits per heavy atom. The summed E-state index contributed by atoms with van der Waals surface area (Å²) in [4.78, 5) is 17.3. The van der Waals surface area contributed by atoms with Gasteiger partial charge in [0.05, 0.1) is 11.5 Å². The Hall–Kier alpha value is -0.0300. The van der Waals surface area contributed by atoms with E-state index in [0.29, 0.717) is 5.91 Å². The van der Waals surface area contributed by atoms with Gasteiger partial charge in [0.15, 0.2) is 0 Å². The number of rotatable bonds is 1. The molecule has 0 atom stereocenters. The fourth-order valence-corrected chi connectivity index (χ4v) is 3.84. The van der Waals surface area contributed by atoms with Crippen LogP contribution in [0.4, 0.5) is 0 Å². The topological polar surface area (TPSA) is 35.6 Å². The predicted molar refractivity (Wildman–Crippen MR) is 85.9 cm³/mol. The summed E-state index contributed by atoms with van der Waals surface area (Å²) in [5, 5.41) is 3.22. The maximum absolute atomic E-state index is 12.6. The van der Waals surface area contributed by atoms with E-state index >= 15 is 0 Å². The van der Waals surface area contributed by atoms with Gasteiger partial charge in [-0.15, -0.1) is 24.8 Å². The molecule has 1 amide bonds. The number of nitrogens with one attached hydrogen (secondary N) is 1. The number of hydrogen-bond donors (Lipinski definition) is 1. The molecular weight excluding hydrogens is 297 g/mol. The molecule has 2 heterocycles. The van der Waals surface area contributed by atoms with Crippen molar-refractivity contribution in [3.8, 4) is 0 Å². The van der Waals surface area contributed by atoms with E-state index in [1.807, 2.05) is 0 Å². The highest BCUT2D eigenvalue weighted by atomic mass is 35.5. The molecule has 0 unspecified atom stereocenters. The van der Waals surface area contributed by atoms with E-state index in [1.54, 1.807) is 0 Å². The standard InChI is InChI=1S/C14H25N3O.2ClH/c1-16-7-8-17(13(18)12-9-15-10-12)14(11-16)5-3-2-4-6-14;;/h12,15H,2-11H2,1H3;2*1H. The lowest BCUT2D eigenvalue weighted by molar-refractivity contribution is -0.150. The largest absolute Gasteiger partial charge is 0.334 e. The van der Waals surface area contributed by atoms with E-state index < -0.39 is 0 Å². The Balaban J connectivity index is 0.000001000. The summed E-state index contributed by atoms with van der Waals surface area (Å²) in [6.07, 6.45) is 6.35. The highest BCUT2D eigenvalue weighted by Crippen LogP contribution is 2.37.